The highest BCUT2D eigenvalue weighted by atomic mass is 16.3. The van der Waals surface area contributed by atoms with Crippen LogP contribution in [0.2, 0.25) is 0 Å². The van der Waals surface area contributed by atoms with Gasteiger partial charge in [-0.25, -0.2) is 4.79 Å². The SMILES string of the molecule is CC(NC(=O)N1CCC(CO)C1)C(c1ccccc1)c1ccccc1. The lowest BCUT2D eigenvalue weighted by Crippen LogP contribution is -2.45. The molecule has 4 heteroatoms. The number of likely N-dealkylation sites (tertiary alicyclic amines) is 1. The van der Waals surface area contributed by atoms with E-state index in [9.17, 15) is 9.90 Å². The molecular weight excluding hydrogens is 312 g/mol. The van der Waals surface area contributed by atoms with E-state index in [4.69, 9.17) is 0 Å². The summed E-state index contributed by atoms with van der Waals surface area (Å²) >= 11 is 0. The van der Waals surface area contributed by atoms with E-state index in [2.05, 4.69) is 36.5 Å². The smallest absolute Gasteiger partial charge is 0.317 e. The maximum absolute atomic E-state index is 12.6. The van der Waals surface area contributed by atoms with Gasteiger partial charge in [0.2, 0.25) is 0 Å². The number of aliphatic hydroxyl groups is 1. The second-order valence-electron chi connectivity index (χ2n) is 6.82. The Morgan fingerprint density at radius 3 is 2.16 bits per heavy atom. The van der Waals surface area contributed by atoms with Crippen molar-refractivity contribution in [2.45, 2.75) is 25.3 Å². The van der Waals surface area contributed by atoms with Crippen LogP contribution in [0.1, 0.15) is 30.4 Å². The summed E-state index contributed by atoms with van der Waals surface area (Å²) in [4.78, 5) is 14.4. The topological polar surface area (TPSA) is 52.6 Å². The van der Waals surface area contributed by atoms with Gasteiger partial charge in [-0.05, 0) is 24.5 Å². The van der Waals surface area contributed by atoms with Crippen LogP contribution in [0, 0.1) is 5.92 Å². The van der Waals surface area contributed by atoms with Gasteiger partial charge in [-0.3, -0.25) is 0 Å². The number of nitrogens with one attached hydrogen (secondary N) is 1. The molecule has 2 N–H and O–H groups in total. The monoisotopic (exact) mass is 338 g/mol. The van der Waals surface area contributed by atoms with Gasteiger partial charge in [0.25, 0.3) is 0 Å². The molecule has 3 rings (SSSR count). The first kappa shape index (κ1) is 17.5. The molecule has 132 valence electrons. The van der Waals surface area contributed by atoms with Crippen molar-refractivity contribution < 1.29 is 9.90 Å². The Kier molecular flexibility index (Phi) is 5.71. The summed E-state index contributed by atoms with van der Waals surface area (Å²) in [5.41, 5.74) is 2.38. The Morgan fingerprint density at radius 1 is 1.12 bits per heavy atom. The molecule has 1 aliphatic heterocycles. The molecular formula is C21H26N2O2. The predicted molar refractivity (Wildman–Crippen MR) is 99.5 cm³/mol. The fourth-order valence-electron chi connectivity index (χ4n) is 3.63. The summed E-state index contributed by atoms with van der Waals surface area (Å²) in [5, 5.41) is 12.4. The Morgan fingerprint density at radius 2 is 1.68 bits per heavy atom. The van der Waals surface area contributed by atoms with Gasteiger partial charge < -0.3 is 15.3 Å². The molecule has 0 aromatic heterocycles. The zero-order chi connectivity index (χ0) is 17.6. The molecule has 1 saturated heterocycles. The van der Waals surface area contributed by atoms with Crippen LogP contribution < -0.4 is 5.32 Å². The van der Waals surface area contributed by atoms with Crippen LogP contribution in [0.25, 0.3) is 0 Å². The van der Waals surface area contributed by atoms with E-state index in [0.717, 1.165) is 6.42 Å². The number of hydrogen-bond acceptors (Lipinski definition) is 2. The van der Waals surface area contributed by atoms with Crippen molar-refractivity contribution in [3.63, 3.8) is 0 Å². The van der Waals surface area contributed by atoms with Crippen LogP contribution in [0.3, 0.4) is 0 Å². The average molecular weight is 338 g/mol. The third-order valence-electron chi connectivity index (χ3n) is 5.00. The van der Waals surface area contributed by atoms with Crippen molar-refractivity contribution in [3.05, 3.63) is 71.8 Å². The number of carbonyl (C=O) groups is 1. The van der Waals surface area contributed by atoms with E-state index in [1.54, 1.807) is 0 Å². The quantitative estimate of drug-likeness (QED) is 0.879. The summed E-state index contributed by atoms with van der Waals surface area (Å²) in [5.74, 6) is 0.308. The highest BCUT2D eigenvalue weighted by Crippen LogP contribution is 2.28. The molecule has 0 saturated carbocycles. The van der Waals surface area contributed by atoms with Crippen LogP contribution in [0.5, 0.6) is 0 Å². The first-order chi connectivity index (χ1) is 12.2. The predicted octanol–water partition coefficient (Wildman–Crippen LogP) is 3.23. The number of benzene rings is 2. The molecule has 0 aliphatic carbocycles. The van der Waals surface area contributed by atoms with Crippen LogP contribution >= 0.6 is 0 Å². The van der Waals surface area contributed by atoms with Crippen molar-refractivity contribution in [2.75, 3.05) is 19.7 Å². The number of hydrogen-bond donors (Lipinski definition) is 2. The van der Waals surface area contributed by atoms with Crippen molar-refractivity contribution in [3.8, 4) is 0 Å². The number of nitrogens with zero attached hydrogens (tertiary/aromatic N) is 1. The molecule has 2 aromatic carbocycles. The normalized spacial score (nSPS) is 18.4. The largest absolute Gasteiger partial charge is 0.396 e. The summed E-state index contributed by atoms with van der Waals surface area (Å²) < 4.78 is 0. The van der Waals surface area contributed by atoms with Crippen molar-refractivity contribution in [2.24, 2.45) is 5.92 Å². The third kappa shape index (κ3) is 4.20. The number of aliphatic hydroxyl groups excluding tert-OH is 1. The molecule has 1 heterocycles. The molecule has 1 fully saturated rings. The highest BCUT2D eigenvalue weighted by Gasteiger charge is 2.29. The van der Waals surface area contributed by atoms with Gasteiger partial charge in [0.15, 0.2) is 0 Å². The van der Waals surface area contributed by atoms with Gasteiger partial charge in [0.05, 0.1) is 0 Å². The fourth-order valence-corrected chi connectivity index (χ4v) is 3.63. The molecule has 2 atom stereocenters. The standard InChI is InChI=1S/C21H26N2O2/c1-16(22-21(25)23-13-12-17(14-23)15-24)20(18-8-4-2-5-9-18)19-10-6-3-7-11-19/h2-11,16-17,20,24H,12-15H2,1H3,(H,22,25). The lowest BCUT2D eigenvalue weighted by Gasteiger charge is -2.28. The van der Waals surface area contributed by atoms with Gasteiger partial charge in [-0.2, -0.15) is 0 Å². The second kappa shape index (κ2) is 8.17. The first-order valence-electron chi connectivity index (χ1n) is 8.95. The number of amides is 2. The Hall–Kier alpha value is -2.33. The van der Waals surface area contributed by atoms with E-state index in [-0.39, 0.29) is 30.5 Å². The Balaban J connectivity index is 1.76. The molecule has 2 aromatic rings. The van der Waals surface area contributed by atoms with Crippen molar-refractivity contribution in [1.82, 2.24) is 10.2 Å². The van der Waals surface area contributed by atoms with Gasteiger partial charge in [0, 0.05) is 37.6 Å². The molecule has 0 bridgehead atoms. The Bertz CT molecular complexity index is 635. The maximum Gasteiger partial charge on any atom is 0.317 e. The van der Waals surface area contributed by atoms with Crippen molar-refractivity contribution >= 4 is 6.03 Å². The van der Waals surface area contributed by atoms with Crippen molar-refractivity contribution in [1.29, 1.82) is 0 Å². The zero-order valence-corrected chi connectivity index (χ0v) is 14.6. The zero-order valence-electron chi connectivity index (χ0n) is 14.6. The number of urea groups is 1. The molecule has 1 aliphatic rings. The van der Waals surface area contributed by atoms with Gasteiger partial charge in [-0.15, -0.1) is 0 Å². The highest BCUT2D eigenvalue weighted by molar-refractivity contribution is 5.75. The molecule has 0 radical (unpaired) electrons. The number of rotatable bonds is 5. The minimum Gasteiger partial charge on any atom is -0.396 e. The Labute approximate surface area is 149 Å². The van der Waals surface area contributed by atoms with Gasteiger partial charge in [-0.1, -0.05) is 60.7 Å². The van der Waals surface area contributed by atoms with Crippen LogP contribution in [-0.4, -0.2) is 41.8 Å². The van der Waals surface area contributed by atoms with E-state index in [0.29, 0.717) is 13.1 Å². The van der Waals surface area contributed by atoms with E-state index in [1.165, 1.54) is 11.1 Å². The summed E-state index contributed by atoms with van der Waals surface area (Å²) in [6, 6.07) is 20.5. The van der Waals surface area contributed by atoms with Crippen LogP contribution in [-0.2, 0) is 0 Å². The van der Waals surface area contributed by atoms with Gasteiger partial charge >= 0.3 is 6.03 Å². The van der Waals surface area contributed by atoms with E-state index in [1.807, 2.05) is 41.3 Å². The lowest BCUT2D eigenvalue weighted by atomic mass is 9.86. The number of carbonyl (C=O) groups excluding carboxylic acids is 1. The molecule has 2 amide bonds. The molecule has 2 unspecified atom stereocenters. The molecule has 4 nitrogen and oxygen atoms in total. The van der Waals surface area contributed by atoms with Crippen LogP contribution in [0.15, 0.2) is 60.7 Å². The third-order valence-corrected chi connectivity index (χ3v) is 5.00. The van der Waals surface area contributed by atoms with E-state index < -0.39 is 0 Å². The second-order valence-corrected chi connectivity index (χ2v) is 6.82. The van der Waals surface area contributed by atoms with Crippen LogP contribution in [0.4, 0.5) is 4.79 Å². The minimum atomic E-state index is -0.0414. The summed E-state index contributed by atoms with van der Waals surface area (Å²) in [6.07, 6.45) is 0.874. The average Bonchev–Trinajstić information content (AvgIpc) is 3.13. The lowest BCUT2D eigenvalue weighted by molar-refractivity contribution is 0.195. The summed E-state index contributed by atoms with van der Waals surface area (Å²) in [6.45, 7) is 3.56. The molecule has 25 heavy (non-hydrogen) atoms. The van der Waals surface area contributed by atoms with Gasteiger partial charge in [0.1, 0.15) is 0 Å². The molecule has 0 spiro atoms. The fraction of sp³-hybridized carbons (Fsp3) is 0.381. The first-order valence-corrected chi connectivity index (χ1v) is 8.95. The summed E-state index contributed by atoms with van der Waals surface area (Å²) in [7, 11) is 0. The maximum atomic E-state index is 12.6. The van der Waals surface area contributed by atoms with E-state index >= 15 is 0 Å². The minimum absolute atomic E-state index is 0.0366.